The molecule has 0 saturated heterocycles. The second kappa shape index (κ2) is 6.79. The van der Waals surface area contributed by atoms with Crippen LogP contribution in [0.1, 0.15) is 69.2 Å². The molecule has 0 aliphatic rings. The van der Waals surface area contributed by atoms with Crippen LogP contribution in [0.4, 0.5) is 0 Å². The van der Waals surface area contributed by atoms with Crippen molar-refractivity contribution in [1.82, 2.24) is 0 Å². The molecule has 0 amide bonds. The largest absolute Gasteiger partial charge is 0.494 e. The summed E-state index contributed by atoms with van der Waals surface area (Å²) >= 11 is 0. The summed E-state index contributed by atoms with van der Waals surface area (Å²) in [6.07, 6.45) is 2.15. The van der Waals surface area contributed by atoms with Gasteiger partial charge in [-0.25, -0.2) is 0 Å². The highest BCUT2D eigenvalue weighted by Crippen LogP contribution is 2.32. The molecule has 0 spiro atoms. The first-order valence-electron chi connectivity index (χ1n) is 7.04. The molecule has 0 saturated carbocycles. The zero-order valence-corrected chi connectivity index (χ0v) is 12.4. The molecule has 0 aliphatic carbocycles. The second-order valence-corrected chi connectivity index (χ2v) is 5.23. The molecule has 0 aromatic heterocycles. The molecule has 1 atom stereocenters. The van der Waals surface area contributed by atoms with Gasteiger partial charge in [0.2, 0.25) is 0 Å². The number of rotatable bonds is 6. The highest BCUT2D eigenvalue weighted by atomic mass is 16.5. The molecule has 1 aromatic rings. The Morgan fingerprint density at radius 3 is 2.33 bits per heavy atom. The summed E-state index contributed by atoms with van der Waals surface area (Å²) in [5.74, 6) is 1.47. The van der Waals surface area contributed by atoms with E-state index in [9.17, 15) is 0 Å². The first kappa shape index (κ1) is 15.0. The van der Waals surface area contributed by atoms with Gasteiger partial charge in [0, 0.05) is 6.04 Å². The topological polar surface area (TPSA) is 35.2 Å². The van der Waals surface area contributed by atoms with E-state index < -0.39 is 0 Å². The quantitative estimate of drug-likeness (QED) is 0.815. The van der Waals surface area contributed by atoms with Gasteiger partial charge < -0.3 is 10.5 Å². The fourth-order valence-electron chi connectivity index (χ4n) is 2.31. The van der Waals surface area contributed by atoms with Crippen LogP contribution < -0.4 is 10.5 Å². The van der Waals surface area contributed by atoms with E-state index in [0.717, 1.165) is 18.6 Å². The molecule has 1 rings (SSSR count). The normalized spacial score (nSPS) is 12.8. The van der Waals surface area contributed by atoms with Gasteiger partial charge >= 0.3 is 0 Å². The van der Waals surface area contributed by atoms with E-state index in [0.29, 0.717) is 12.5 Å². The van der Waals surface area contributed by atoms with Crippen LogP contribution in [0.5, 0.6) is 5.75 Å². The van der Waals surface area contributed by atoms with Crippen molar-refractivity contribution in [3.63, 3.8) is 0 Å². The van der Waals surface area contributed by atoms with Gasteiger partial charge in [0.05, 0.1) is 6.61 Å². The van der Waals surface area contributed by atoms with Gasteiger partial charge in [-0.15, -0.1) is 0 Å². The van der Waals surface area contributed by atoms with Crippen LogP contribution in [0.3, 0.4) is 0 Å². The highest BCUT2D eigenvalue weighted by molar-refractivity contribution is 5.45. The lowest BCUT2D eigenvalue weighted by molar-refractivity contribution is 0.334. The molecule has 2 heteroatoms. The second-order valence-electron chi connectivity index (χ2n) is 5.23. The molecule has 0 radical (unpaired) electrons. The molecular weight excluding hydrogens is 222 g/mol. The maximum atomic E-state index is 6.26. The minimum absolute atomic E-state index is 0.142. The van der Waals surface area contributed by atoms with Gasteiger partial charge in [-0.1, -0.05) is 33.3 Å². The van der Waals surface area contributed by atoms with E-state index in [-0.39, 0.29) is 6.04 Å². The van der Waals surface area contributed by atoms with E-state index in [1.54, 1.807) is 0 Å². The van der Waals surface area contributed by atoms with Gasteiger partial charge in [-0.3, -0.25) is 0 Å². The van der Waals surface area contributed by atoms with Crippen LogP contribution in [0.15, 0.2) is 12.1 Å². The number of ether oxygens (including phenoxy) is 1. The van der Waals surface area contributed by atoms with Crippen LogP contribution >= 0.6 is 0 Å². The Labute approximate surface area is 112 Å². The van der Waals surface area contributed by atoms with Gasteiger partial charge in [-0.2, -0.15) is 0 Å². The van der Waals surface area contributed by atoms with Crippen molar-refractivity contribution in [2.24, 2.45) is 5.73 Å². The minimum atomic E-state index is 0.142. The number of hydrogen-bond donors (Lipinski definition) is 1. The van der Waals surface area contributed by atoms with Gasteiger partial charge in [0.1, 0.15) is 5.75 Å². The van der Waals surface area contributed by atoms with Crippen molar-refractivity contribution in [3.8, 4) is 5.75 Å². The smallest absolute Gasteiger partial charge is 0.123 e. The third kappa shape index (κ3) is 3.49. The van der Waals surface area contributed by atoms with E-state index >= 15 is 0 Å². The maximum Gasteiger partial charge on any atom is 0.123 e. The number of nitrogens with two attached hydrogens (primary N) is 1. The molecule has 18 heavy (non-hydrogen) atoms. The van der Waals surface area contributed by atoms with Crippen molar-refractivity contribution in [2.45, 2.75) is 59.4 Å². The van der Waals surface area contributed by atoms with E-state index in [4.69, 9.17) is 10.5 Å². The van der Waals surface area contributed by atoms with E-state index in [1.807, 2.05) is 6.92 Å². The van der Waals surface area contributed by atoms with Gasteiger partial charge in [-0.05, 0) is 48.9 Å². The van der Waals surface area contributed by atoms with Crippen LogP contribution in [-0.4, -0.2) is 6.61 Å². The van der Waals surface area contributed by atoms with Crippen molar-refractivity contribution in [3.05, 3.63) is 28.8 Å². The Bertz CT molecular complexity index is 385. The molecule has 2 N–H and O–H groups in total. The number of hydrogen-bond acceptors (Lipinski definition) is 2. The molecule has 0 bridgehead atoms. The summed E-state index contributed by atoms with van der Waals surface area (Å²) in [6.45, 7) is 11.4. The third-order valence-electron chi connectivity index (χ3n) is 3.32. The average Bonchev–Trinajstić information content (AvgIpc) is 2.29. The molecule has 2 nitrogen and oxygen atoms in total. The molecule has 102 valence electrons. The molecule has 0 heterocycles. The summed E-state index contributed by atoms with van der Waals surface area (Å²) < 4.78 is 5.73. The summed E-state index contributed by atoms with van der Waals surface area (Å²) in [4.78, 5) is 0. The fourth-order valence-corrected chi connectivity index (χ4v) is 2.31. The summed E-state index contributed by atoms with van der Waals surface area (Å²) in [5, 5.41) is 0. The maximum absolute atomic E-state index is 6.26. The Balaban J connectivity index is 3.18. The summed E-state index contributed by atoms with van der Waals surface area (Å²) in [5.41, 5.74) is 10.0. The van der Waals surface area contributed by atoms with Crippen LogP contribution in [0.25, 0.3) is 0 Å². The first-order chi connectivity index (χ1) is 8.51. The zero-order valence-electron chi connectivity index (χ0n) is 12.4. The Morgan fingerprint density at radius 1 is 1.17 bits per heavy atom. The fraction of sp³-hybridized carbons (Fsp3) is 0.625. The third-order valence-corrected chi connectivity index (χ3v) is 3.32. The van der Waals surface area contributed by atoms with Crippen molar-refractivity contribution < 1.29 is 4.74 Å². The molecule has 0 fully saturated rings. The van der Waals surface area contributed by atoms with Crippen molar-refractivity contribution in [2.75, 3.05) is 6.61 Å². The van der Waals surface area contributed by atoms with Crippen LogP contribution in [0.2, 0.25) is 0 Å². The predicted molar refractivity (Wildman–Crippen MR) is 78.3 cm³/mol. The number of aryl methyl sites for hydroxylation is 1. The van der Waals surface area contributed by atoms with Crippen LogP contribution in [0, 0.1) is 6.92 Å². The summed E-state index contributed by atoms with van der Waals surface area (Å²) in [6, 6.07) is 4.53. The Morgan fingerprint density at radius 2 is 1.83 bits per heavy atom. The lowest BCUT2D eigenvalue weighted by Crippen LogP contribution is -2.12. The lowest BCUT2D eigenvalue weighted by atomic mass is 9.92. The number of benzene rings is 1. The van der Waals surface area contributed by atoms with Crippen molar-refractivity contribution in [1.29, 1.82) is 0 Å². The standard InChI is InChI=1S/C16H27NO/c1-6-8-15(17)14-10-13(11(3)4)16(18-7-2)9-12(14)5/h9-11,15H,6-8,17H2,1-5H3. The highest BCUT2D eigenvalue weighted by Gasteiger charge is 2.15. The Kier molecular flexibility index (Phi) is 5.67. The summed E-state index contributed by atoms with van der Waals surface area (Å²) in [7, 11) is 0. The van der Waals surface area contributed by atoms with Gasteiger partial charge in [0.25, 0.3) is 0 Å². The monoisotopic (exact) mass is 249 g/mol. The van der Waals surface area contributed by atoms with E-state index in [1.165, 1.54) is 16.7 Å². The molecule has 0 aliphatic heterocycles. The zero-order chi connectivity index (χ0) is 13.7. The predicted octanol–water partition coefficient (Wildman–Crippen LogP) is 4.32. The first-order valence-corrected chi connectivity index (χ1v) is 7.04. The van der Waals surface area contributed by atoms with E-state index in [2.05, 4.69) is 39.8 Å². The lowest BCUT2D eigenvalue weighted by Gasteiger charge is -2.20. The molecular formula is C16H27NO. The van der Waals surface area contributed by atoms with Crippen LogP contribution in [-0.2, 0) is 0 Å². The van der Waals surface area contributed by atoms with Crippen molar-refractivity contribution >= 4 is 0 Å². The Hall–Kier alpha value is -1.02. The minimum Gasteiger partial charge on any atom is -0.494 e. The average molecular weight is 249 g/mol. The molecule has 1 unspecified atom stereocenters. The van der Waals surface area contributed by atoms with Gasteiger partial charge in [0.15, 0.2) is 0 Å². The molecule has 1 aromatic carbocycles. The SMILES string of the molecule is CCCC(N)c1cc(C(C)C)c(OCC)cc1C.